The Kier molecular flexibility index (Phi) is 2.59. The van der Waals surface area contributed by atoms with Gasteiger partial charge < -0.3 is 9.47 Å². The molecule has 0 saturated carbocycles. The lowest BCUT2D eigenvalue weighted by Crippen LogP contribution is -2.70. The van der Waals surface area contributed by atoms with E-state index in [1.54, 1.807) is 13.8 Å². The topological polar surface area (TPSA) is 102 Å². The molecule has 3 fully saturated rings. The zero-order valence-electron chi connectivity index (χ0n) is 13.0. The number of ether oxygens (including phenoxy) is 2. The van der Waals surface area contributed by atoms with Gasteiger partial charge in [0, 0.05) is 12.8 Å². The van der Waals surface area contributed by atoms with E-state index in [-0.39, 0.29) is 11.7 Å². The highest BCUT2D eigenvalue weighted by atomic mass is 19.1. The van der Waals surface area contributed by atoms with Gasteiger partial charge in [0.25, 0.3) is 0 Å². The summed E-state index contributed by atoms with van der Waals surface area (Å²) in [5, 5.41) is 28.3. The fraction of sp³-hybridized carbons (Fsp3) is 0.412. The van der Waals surface area contributed by atoms with Crippen LogP contribution in [0.4, 0.5) is 4.39 Å². The van der Waals surface area contributed by atoms with Crippen molar-refractivity contribution in [1.82, 2.24) is 0 Å². The van der Waals surface area contributed by atoms with Gasteiger partial charge in [-0.1, -0.05) is 19.1 Å². The molecule has 5 atom stereocenters. The number of fused-ring (bicyclic) bond motifs is 1. The van der Waals surface area contributed by atoms with E-state index in [4.69, 9.17) is 14.9 Å². The van der Waals surface area contributed by atoms with Crippen LogP contribution < -0.4 is 0 Å². The van der Waals surface area contributed by atoms with Gasteiger partial charge in [-0.25, -0.2) is 4.39 Å². The van der Waals surface area contributed by atoms with Gasteiger partial charge in [0.2, 0.25) is 11.7 Å². The fourth-order valence-electron chi connectivity index (χ4n) is 4.11. The molecular weight excluding hydrogens is 311 g/mol. The minimum absolute atomic E-state index is 0.0396. The Labute approximate surface area is 137 Å². The molecule has 1 N–H and O–H groups in total. The Morgan fingerprint density at radius 3 is 2.42 bits per heavy atom. The first-order chi connectivity index (χ1) is 11.4. The lowest BCUT2D eigenvalue weighted by atomic mass is 9.51. The summed E-state index contributed by atoms with van der Waals surface area (Å²) in [6.45, 7) is 3.40. The molecule has 1 aromatic rings. The van der Waals surface area contributed by atoms with E-state index >= 15 is 0 Å². The maximum atomic E-state index is 13.3. The molecule has 0 radical (unpaired) electrons. The average Bonchev–Trinajstić information content (AvgIpc) is 2.78. The number of nitriles is 2. The van der Waals surface area contributed by atoms with Crippen LogP contribution in [0.1, 0.15) is 25.5 Å². The van der Waals surface area contributed by atoms with Crippen molar-refractivity contribution in [3.05, 3.63) is 35.6 Å². The quantitative estimate of drug-likeness (QED) is 0.857. The highest BCUT2D eigenvalue weighted by Crippen LogP contribution is 2.69. The van der Waals surface area contributed by atoms with E-state index < -0.39 is 34.5 Å². The predicted octanol–water partition coefficient (Wildman–Crippen LogP) is 2.69. The van der Waals surface area contributed by atoms with E-state index in [1.807, 2.05) is 0 Å². The van der Waals surface area contributed by atoms with Gasteiger partial charge in [0.05, 0.1) is 12.1 Å². The number of aliphatic imine (C=N–C) groups is 1. The number of hydrogen-bond acceptors (Lipinski definition) is 5. The summed E-state index contributed by atoms with van der Waals surface area (Å²) < 4.78 is 25.1. The molecule has 1 aromatic carbocycles. The SMILES string of the molecule is CC1C2(C)OC3=NC(=N)C1(C#N)C3(C#N)C(c1ccc(F)cc1)O2. The third-order valence-corrected chi connectivity index (χ3v) is 5.55. The molecule has 0 spiro atoms. The van der Waals surface area contributed by atoms with Gasteiger partial charge >= 0.3 is 0 Å². The lowest BCUT2D eigenvalue weighted by Gasteiger charge is -2.59. The first-order valence-electron chi connectivity index (χ1n) is 7.48. The van der Waals surface area contributed by atoms with Crippen LogP contribution in [0.15, 0.2) is 29.3 Å². The van der Waals surface area contributed by atoms with Crippen LogP contribution in [0.2, 0.25) is 0 Å². The second-order valence-corrected chi connectivity index (χ2v) is 6.49. The second kappa shape index (κ2) is 4.19. The highest BCUT2D eigenvalue weighted by Gasteiger charge is 2.81. The molecule has 0 amide bonds. The zero-order chi connectivity index (χ0) is 17.3. The minimum Gasteiger partial charge on any atom is -0.447 e. The summed E-state index contributed by atoms with van der Waals surface area (Å²) >= 11 is 0. The maximum Gasteiger partial charge on any atom is 0.218 e. The van der Waals surface area contributed by atoms with Crippen molar-refractivity contribution in [3.63, 3.8) is 0 Å². The van der Waals surface area contributed by atoms with E-state index in [0.29, 0.717) is 5.56 Å². The van der Waals surface area contributed by atoms with E-state index in [2.05, 4.69) is 17.1 Å². The molecule has 4 bridgehead atoms. The summed E-state index contributed by atoms with van der Waals surface area (Å²) in [5.74, 6) is -2.33. The van der Waals surface area contributed by atoms with Crippen LogP contribution in [-0.4, -0.2) is 17.5 Å². The summed E-state index contributed by atoms with van der Waals surface area (Å²) in [4.78, 5) is 4.09. The Balaban J connectivity index is 2.02. The van der Waals surface area contributed by atoms with Crippen molar-refractivity contribution < 1.29 is 13.9 Å². The van der Waals surface area contributed by atoms with Gasteiger partial charge in [0.1, 0.15) is 17.8 Å². The van der Waals surface area contributed by atoms with Crippen molar-refractivity contribution in [2.45, 2.75) is 25.7 Å². The molecule has 4 heterocycles. The molecule has 3 saturated heterocycles. The molecule has 4 aliphatic heterocycles. The number of hydrogen-bond donors (Lipinski definition) is 1. The van der Waals surface area contributed by atoms with Crippen LogP contribution in [0.3, 0.4) is 0 Å². The standard InChI is InChI=1S/C17H13FN4O2/c1-9-15(2)23-12(10-3-5-11(18)6-4-10)17(8-20)14(24-15)22-13(21)16(9,17)7-19/h3-6,9,12,21H,1-2H3. The summed E-state index contributed by atoms with van der Waals surface area (Å²) in [6.07, 6.45) is -0.876. The largest absolute Gasteiger partial charge is 0.447 e. The third kappa shape index (κ3) is 1.30. The summed E-state index contributed by atoms with van der Waals surface area (Å²) in [6, 6.07) is 9.91. The molecule has 5 rings (SSSR count). The maximum absolute atomic E-state index is 13.3. The van der Waals surface area contributed by atoms with Crippen molar-refractivity contribution >= 4 is 11.7 Å². The number of amidine groups is 1. The fourth-order valence-corrected chi connectivity index (χ4v) is 4.11. The molecule has 5 unspecified atom stereocenters. The summed E-state index contributed by atoms with van der Waals surface area (Å²) in [7, 11) is 0. The smallest absolute Gasteiger partial charge is 0.218 e. The molecular formula is C17H13FN4O2. The van der Waals surface area contributed by atoms with Crippen molar-refractivity contribution in [2.75, 3.05) is 0 Å². The van der Waals surface area contributed by atoms with Gasteiger partial charge in [0.15, 0.2) is 10.8 Å². The third-order valence-electron chi connectivity index (χ3n) is 5.55. The zero-order valence-corrected chi connectivity index (χ0v) is 13.0. The number of halogens is 1. The Morgan fingerprint density at radius 2 is 1.83 bits per heavy atom. The van der Waals surface area contributed by atoms with Crippen LogP contribution in [-0.2, 0) is 9.47 Å². The Morgan fingerprint density at radius 1 is 1.21 bits per heavy atom. The molecule has 0 aliphatic carbocycles. The molecule has 7 heteroatoms. The Hall–Kier alpha value is -2.77. The van der Waals surface area contributed by atoms with Gasteiger partial charge in [-0.15, -0.1) is 0 Å². The van der Waals surface area contributed by atoms with Crippen molar-refractivity contribution in [2.24, 2.45) is 21.7 Å². The van der Waals surface area contributed by atoms with Crippen LogP contribution in [0.25, 0.3) is 0 Å². The first-order valence-corrected chi connectivity index (χ1v) is 7.48. The normalized spacial score (nSPS) is 42.0. The van der Waals surface area contributed by atoms with Crippen molar-refractivity contribution in [1.29, 1.82) is 15.9 Å². The molecule has 24 heavy (non-hydrogen) atoms. The van der Waals surface area contributed by atoms with Gasteiger partial charge in [-0.3, -0.25) is 5.41 Å². The van der Waals surface area contributed by atoms with Gasteiger partial charge in [-0.05, 0) is 17.7 Å². The van der Waals surface area contributed by atoms with Gasteiger partial charge in [-0.2, -0.15) is 15.5 Å². The average molecular weight is 324 g/mol. The monoisotopic (exact) mass is 324 g/mol. The highest BCUT2D eigenvalue weighted by molar-refractivity contribution is 6.12. The van der Waals surface area contributed by atoms with E-state index in [0.717, 1.165) is 0 Å². The molecule has 4 aliphatic rings. The van der Waals surface area contributed by atoms with Crippen LogP contribution in [0, 0.1) is 50.6 Å². The second-order valence-electron chi connectivity index (χ2n) is 6.49. The lowest BCUT2D eigenvalue weighted by molar-refractivity contribution is -0.332. The van der Waals surface area contributed by atoms with Crippen molar-refractivity contribution in [3.8, 4) is 12.1 Å². The van der Waals surface area contributed by atoms with Crippen LogP contribution in [0.5, 0.6) is 0 Å². The predicted molar refractivity (Wildman–Crippen MR) is 80.1 cm³/mol. The first kappa shape index (κ1) is 14.8. The minimum atomic E-state index is -1.56. The number of nitrogens with zero attached hydrogens (tertiary/aromatic N) is 3. The van der Waals surface area contributed by atoms with E-state index in [9.17, 15) is 14.9 Å². The summed E-state index contributed by atoms with van der Waals surface area (Å²) in [5.41, 5.74) is -2.49. The molecule has 120 valence electrons. The van der Waals surface area contributed by atoms with Crippen LogP contribution >= 0.6 is 0 Å². The number of nitrogens with one attached hydrogen (secondary N) is 1. The number of rotatable bonds is 1. The number of benzene rings is 1. The molecule has 6 nitrogen and oxygen atoms in total. The Bertz CT molecular complexity index is 883. The molecule has 0 aromatic heterocycles. The van der Waals surface area contributed by atoms with E-state index in [1.165, 1.54) is 24.3 Å².